The maximum Gasteiger partial charge on any atom is 0.255 e. The van der Waals surface area contributed by atoms with Gasteiger partial charge < -0.3 is 15.1 Å². The third kappa shape index (κ3) is 2.56. The molecule has 2 aliphatic rings. The number of nitrogens with one attached hydrogen (secondary N) is 1. The molecule has 128 valence electrons. The molecule has 4 rings (SSSR count). The van der Waals surface area contributed by atoms with Crippen molar-refractivity contribution in [1.82, 2.24) is 10.2 Å². The number of fused-ring (bicyclic) bond motifs is 1. The molecule has 1 saturated heterocycles. The van der Waals surface area contributed by atoms with Crippen LogP contribution in [0.1, 0.15) is 33.6 Å². The van der Waals surface area contributed by atoms with E-state index >= 15 is 0 Å². The molecule has 1 fully saturated rings. The zero-order valence-corrected chi connectivity index (χ0v) is 14.2. The number of rotatable bonds is 1. The molecule has 2 aromatic carbocycles. The van der Waals surface area contributed by atoms with Crippen LogP contribution in [0.5, 0.6) is 0 Å². The van der Waals surface area contributed by atoms with E-state index in [1.165, 1.54) is 0 Å². The van der Waals surface area contributed by atoms with Gasteiger partial charge in [0.25, 0.3) is 11.8 Å². The molecule has 1 spiro atoms. The number of carbonyl (C=O) groups is 2. The van der Waals surface area contributed by atoms with Crippen LogP contribution < -0.4 is 10.2 Å². The molecular weight excluding hydrogens is 314 g/mol. The van der Waals surface area contributed by atoms with Crippen LogP contribution in [-0.4, -0.2) is 42.5 Å². The summed E-state index contributed by atoms with van der Waals surface area (Å²) in [5, 5.41) is 3.19. The Morgan fingerprint density at radius 1 is 1.00 bits per heavy atom. The number of hydrogen-bond acceptors (Lipinski definition) is 3. The monoisotopic (exact) mass is 335 g/mol. The summed E-state index contributed by atoms with van der Waals surface area (Å²) >= 11 is 0. The number of para-hydroxylation sites is 1. The molecule has 2 amide bonds. The Morgan fingerprint density at radius 2 is 1.64 bits per heavy atom. The first kappa shape index (κ1) is 15.7. The lowest BCUT2D eigenvalue weighted by atomic mass is 9.90. The summed E-state index contributed by atoms with van der Waals surface area (Å²) in [6.07, 6.45) is 1.42. The Balaban J connectivity index is 1.54. The van der Waals surface area contributed by atoms with E-state index in [4.69, 9.17) is 0 Å². The lowest BCUT2D eigenvalue weighted by Crippen LogP contribution is -2.67. The van der Waals surface area contributed by atoms with Crippen LogP contribution in [0.15, 0.2) is 54.6 Å². The highest BCUT2D eigenvalue weighted by molar-refractivity contribution is 6.02. The van der Waals surface area contributed by atoms with Gasteiger partial charge in [-0.2, -0.15) is 0 Å². The Morgan fingerprint density at radius 3 is 2.36 bits per heavy atom. The predicted molar refractivity (Wildman–Crippen MR) is 96.6 cm³/mol. The summed E-state index contributed by atoms with van der Waals surface area (Å²) in [4.78, 5) is 29.2. The molecule has 0 aromatic heterocycles. The molecule has 5 nitrogen and oxygen atoms in total. The summed E-state index contributed by atoms with van der Waals surface area (Å²) < 4.78 is 0. The third-order valence-corrected chi connectivity index (χ3v) is 5.40. The Labute approximate surface area is 147 Å². The zero-order valence-electron chi connectivity index (χ0n) is 14.2. The van der Waals surface area contributed by atoms with Gasteiger partial charge in [0.1, 0.15) is 5.66 Å². The quantitative estimate of drug-likeness (QED) is 0.871. The maximum absolute atomic E-state index is 12.6. The van der Waals surface area contributed by atoms with Gasteiger partial charge in [0.2, 0.25) is 0 Å². The van der Waals surface area contributed by atoms with Gasteiger partial charge in [-0.25, -0.2) is 0 Å². The second-order valence-corrected chi connectivity index (χ2v) is 6.72. The van der Waals surface area contributed by atoms with E-state index in [1.807, 2.05) is 66.5 Å². The van der Waals surface area contributed by atoms with Crippen molar-refractivity contribution in [3.8, 4) is 0 Å². The largest absolute Gasteiger partial charge is 0.351 e. The predicted octanol–water partition coefficient (Wildman–Crippen LogP) is 2.50. The molecular formula is C20H21N3O2. The van der Waals surface area contributed by atoms with Crippen molar-refractivity contribution in [2.45, 2.75) is 18.5 Å². The maximum atomic E-state index is 12.6. The minimum atomic E-state index is -0.418. The number of likely N-dealkylation sites (tertiary alicyclic amines) is 1. The van der Waals surface area contributed by atoms with Crippen molar-refractivity contribution >= 4 is 17.5 Å². The van der Waals surface area contributed by atoms with E-state index in [0.717, 1.165) is 5.69 Å². The molecule has 0 unspecified atom stereocenters. The first-order valence-electron chi connectivity index (χ1n) is 8.60. The van der Waals surface area contributed by atoms with Crippen LogP contribution in [0.25, 0.3) is 0 Å². The van der Waals surface area contributed by atoms with Gasteiger partial charge in [-0.1, -0.05) is 30.3 Å². The Hall–Kier alpha value is -2.82. The van der Waals surface area contributed by atoms with E-state index in [0.29, 0.717) is 37.1 Å². The summed E-state index contributed by atoms with van der Waals surface area (Å²) in [6.45, 7) is 1.25. The SMILES string of the molecule is CN1c2ccccc2C(=O)NC12CCN(C(=O)c1ccccc1)CC2. The molecule has 2 heterocycles. The van der Waals surface area contributed by atoms with E-state index in [2.05, 4.69) is 10.2 Å². The number of hydrogen-bond donors (Lipinski definition) is 1. The molecule has 0 radical (unpaired) electrons. The van der Waals surface area contributed by atoms with Gasteiger partial charge in [-0.3, -0.25) is 9.59 Å². The Bertz CT molecular complexity index is 811. The van der Waals surface area contributed by atoms with E-state index in [1.54, 1.807) is 0 Å². The highest BCUT2D eigenvalue weighted by Crippen LogP contribution is 2.36. The highest BCUT2D eigenvalue weighted by Gasteiger charge is 2.44. The van der Waals surface area contributed by atoms with Crippen molar-refractivity contribution in [2.24, 2.45) is 0 Å². The minimum Gasteiger partial charge on any atom is -0.351 e. The van der Waals surface area contributed by atoms with Crippen LogP contribution in [0, 0.1) is 0 Å². The van der Waals surface area contributed by atoms with Gasteiger partial charge in [0, 0.05) is 38.5 Å². The first-order chi connectivity index (χ1) is 12.1. The molecule has 0 bridgehead atoms. The lowest BCUT2D eigenvalue weighted by Gasteiger charge is -2.51. The number of piperidine rings is 1. The van der Waals surface area contributed by atoms with Crippen molar-refractivity contribution in [3.05, 3.63) is 65.7 Å². The average Bonchev–Trinajstić information content (AvgIpc) is 2.67. The fourth-order valence-electron chi connectivity index (χ4n) is 3.85. The van der Waals surface area contributed by atoms with E-state index in [-0.39, 0.29) is 11.8 Å². The molecule has 2 aliphatic heterocycles. The zero-order chi connectivity index (χ0) is 17.4. The number of amides is 2. The van der Waals surface area contributed by atoms with Crippen LogP contribution >= 0.6 is 0 Å². The van der Waals surface area contributed by atoms with E-state index in [9.17, 15) is 9.59 Å². The fraction of sp³-hybridized carbons (Fsp3) is 0.300. The lowest BCUT2D eigenvalue weighted by molar-refractivity contribution is 0.0609. The molecule has 2 aromatic rings. The summed E-state index contributed by atoms with van der Waals surface area (Å²) in [7, 11) is 2.02. The number of anilines is 1. The van der Waals surface area contributed by atoms with Gasteiger partial charge in [0.15, 0.2) is 0 Å². The van der Waals surface area contributed by atoms with Crippen molar-refractivity contribution < 1.29 is 9.59 Å². The summed E-state index contributed by atoms with van der Waals surface area (Å²) in [5.74, 6) is 0.0252. The van der Waals surface area contributed by atoms with Crippen LogP contribution in [0.2, 0.25) is 0 Å². The number of nitrogens with zero attached hydrogens (tertiary/aromatic N) is 2. The van der Waals surface area contributed by atoms with Crippen molar-refractivity contribution in [3.63, 3.8) is 0 Å². The second kappa shape index (κ2) is 5.92. The molecule has 0 aliphatic carbocycles. The van der Waals surface area contributed by atoms with Crippen LogP contribution in [-0.2, 0) is 0 Å². The van der Waals surface area contributed by atoms with Gasteiger partial charge in [0.05, 0.1) is 11.3 Å². The summed E-state index contributed by atoms with van der Waals surface area (Å²) in [6, 6.07) is 17.0. The van der Waals surface area contributed by atoms with Crippen molar-refractivity contribution in [1.29, 1.82) is 0 Å². The molecule has 25 heavy (non-hydrogen) atoms. The molecule has 1 N–H and O–H groups in total. The molecule has 0 saturated carbocycles. The molecule has 0 atom stereocenters. The number of carbonyl (C=O) groups excluding carboxylic acids is 2. The second-order valence-electron chi connectivity index (χ2n) is 6.72. The van der Waals surface area contributed by atoms with E-state index < -0.39 is 5.66 Å². The normalized spacial score (nSPS) is 18.7. The average molecular weight is 335 g/mol. The Kier molecular flexibility index (Phi) is 3.71. The highest BCUT2D eigenvalue weighted by atomic mass is 16.2. The molecule has 5 heteroatoms. The third-order valence-electron chi connectivity index (χ3n) is 5.40. The van der Waals surface area contributed by atoms with Gasteiger partial charge >= 0.3 is 0 Å². The van der Waals surface area contributed by atoms with Gasteiger partial charge in [-0.05, 0) is 24.3 Å². The smallest absolute Gasteiger partial charge is 0.255 e. The van der Waals surface area contributed by atoms with Crippen molar-refractivity contribution in [2.75, 3.05) is 25.0 Å². The number of benzene rings is 2. The van der Waals surface area contributed by atoms with Gasteiger partial charge in [-0.15, -0.1) is 0 Å². The summed E-state index contributed by atoms with van der Waals surface area (Å²) in [5.41, 5.74) is 1.95. The topological polar surface area (TPSA) is 52.7 Å². The first-order valence-corrected chi connectivity index (χ1v) is 8.60. The van der Waals surface area contributed by atoms with Crippen LogP contribution in [0.4, 0.5) is 5.69 Å². The van der Waals surface area contributed by atoms with Crippen LogP contribution in [0.3, 0.4) is 0 Å². The standard InChI is InChI=1S/C20H21N3O2/c1-22-17-10-6-5-9-16(17)18(24)21-20(22)11-13-23(14-12-20)19(25)15-7-3-2-4-8-15/h2-10H,11-14H2,1H3,(H,21,24). The minimum absolute atomic E-state index is 0.0310. The fourth-order valence-corrected chi connectivity index (χ4v) is 3.85.